The van der Waals surface area contributed by atoms with E-state index in [1.807, 2.05) is 13.8 Å². The molecule has 8 nitrogen and oxygen atoms in total. The molecule has 2 bridgehead atoms. The van der Waals surface area contributed by atoms with Crippen molar-refractivity contribution in [1.29, 1.82) is 0 Å². The smallest absolute Gasteiger partial charge is 0.344 e. The number of methoxy groups -OCH3 is 1. The molecule has 0 N–H and O–H groups in total. The van der Waals surface area contributed by atoms with Crippen LogP contribution >= 0.6 is 0 Å². The van der Waals surface area contributed by atoms with E-state index in [-0.39, 0.29) is 5.92 Å². The Morgan fingerprint density at radius 2 is 1.89 bits per heavy atom. The Morgan fingerprint density at radius 1 is 1.25 bits per heavy atom. The van der Waals surface area contributed by atoms with Crippen LogP contribution in [0.25, 0.3) is 0 Å². The average Bonchev–Trinajstić information content (AvgIpc) is 3.10. The maximum Gasteiger partial charge on any atom is 0.344 e. The van der Waals surface area contributed by atoms with Gasteiger partial charge in [-0.2, -0.15) is 0 Å². The predicted molar refractivity (Wildman–Crippen MR) is 94.6 cm³/mol. The lowest BCUT2D eigenvalue weighted by Gasteiger charge is -2.40. The summed E-state index contributed by atoms with van der Waals surface area (Å²) in [5.74, 6) is -3.31. The largest absolute Gasteiger partial charge is 0.469 e. The molecule has 8 heteroatoms. The standard InChI is InChI=1S/C20H28O8/c1-7-18(2,3)16(23)26-9-11(21)27-13-10-8-19(4)14(13)28-17(24)20(19,5)12(10)15(22)25-6/h10,12-14H,7-9H2,1-6H3. The van der Waals surface area contributed by atoms with Gasteiger partial charge in [0, 0.05) is 11.3 Å². The summed E-state index contributed by atoms with van der Waals surface area (Å²) in [6.45, 7) is 8.41. The molecule has 3 rings (SSSR count). The van der Waals surface area contributed by atoms with Gasteiger partial charge in [-0.15, -0.1) is 0 Å². The van der Waals surface area contributed by atoms with Crippen molar-refractivity contribution in [3.8, 4) is 0 Å². The lowest BCUT2D eigenvalue weighted by Crippen LogP contribution is -2.53. The Hall–Kier alpha value is -2.12. The molecule has 0 aromatic rings. The normalized spacial score (nSPS) is 38.1. The first kappa shape index (κ1) is 20.6. The van der Waals surface area contributed by atoms with Crippen LogP contribution in [-0.4, -0.2) is 49.8 Å². The van der Waals surface area contributed by atoms with Gasteiger partial charge in [-0.1, -0.05) is 13.8 Å². The first-order valence-electron chi connectivity index (χ1n) is 9.59. The summed E-state index contributed by atoms with van der Waals surface area (Å²) < 4.78 is 21.1. The van der Waals surface area contributed by atoms with Gasteiger partial charge in [0.15, 0.2) is 6.61 Å². The molecule has 2 aliphatic carbocycles. The molecule has 0 amide bonds. The Morgan fingerprint density at radius 3 is 2.46 bits per heavy atom. The monoisotopic (exact) mass is 396 g/mol. The third-order valence-corrected chi connectivity index (χ3v) is 7.38. The predicted octanol–water partition coefficient (Wildman–Crippen LogP) is 1.64. The van der Waals surface area contributed by atoms with Crippen molar-refractivity contribution in [3.63, 3.8) is 0 Å². The number of ether oxygens (including phenoxy) is 4. The number of hydrogen-bond acceptors (Lipinski definition) is 8. The minimum Gasteiger partial charge on any atom is -0.469 e. The van der Waals surface area contributed by atoms with E-state index in [9.17, 15) is 19.2 Å². The number of carbonyl (C=O) groups excluding carboxylic acids is 4. The zero-order chi connectivity index (χ0) is 21.1. The second-order valence-corrected chi connectivity index (χ2v) is 9.08. The molecule has 0 aromatic carbocycles. The van der Waals surface area contributed by atoms with Crippen LogP contribution in [0.5, 0.6) is 0 Å². The van der Waals surface area contributed by atoms with Crippen LogP contribution in [0.1, 0.15) is 47.5 Å². The van der Waals surface area contributed by atoms with E-state index >= 15 is 0 Å². The number of hydrogen-bond donors (Lipinski definition) is 0. The van der Waals surface area contributed by atoms with Crippen molar-refractivity contribution >= 4 is 23.9 Å². The van der Waals surface area contributed by atoms with Crippen LogP contribution in [0.2, 0.25) is 0 Å². The van der Waals surface area contributed by atoms with E-state index in [1.54, 1.807) is 20.8 Å². The van der Waals surface area contributed by atoms with Crippen LogP contribution in [0.4, 0.5) is 0 Å². The highest BCUT2D eigenvalue weighted by molar-refractivity contribution is 5.90. The van der Waals surface area contributed by atoms with Crippen LogP contribution < -0.4 is 0 Å². The molecule has 0 spiro atoms. The maximum atomic E-state index is 12.6. The first-order chi connectivity index (χ1) is 12.9. The molecule has 1 aliphatic heterocycles. The van der Waals surface area contributed by atoms with E-state index < -0.39 is 64.9 Å². The highest BCUT2D eigenvalue weighted by atomic mass is 16.6. The quantitative estimate of drug-likeness (QED) is 0.493. The third-order valence-electron chi connectivity index (χ3n) is 7.38. The number of esters is 4. The first-order valence-corrected chi connectivity index (χ1v) is 9.59. The zero-order valence-electron chi connectivity index (χ0n) is 17.2. The second-order valence-electron chi connectivity index (χ2n) is 9.08. The second kappa shape index (κ2) is 6.46. The summed E-state index contributed by atoms with van der Waals surface area (Å²) in [6, 6.07) is 0. The molecule has 0 radical (unpaired) electrons. The summed E-state index contributed by atoms with van der Waals surface area (Å²) in [6.07, 6.45) is -0.302. The summed E-state index contributed by atoms with van der Waals surface area (Å²) in [7, 11) is 1.27. The van der Waals surface area contributed by atoms with Gasteiger partial charge in [-0.3, -0.25) is 14.4 Å². The van der Waals surface area contributed by atoms with Crippen LogP contribution in [0.3, 0.4) is 0 Å². The number of carbonyl (C=O) groups is 4. The Balaban J connectivity index is 1.74. The van der Waals surface area contributed by atoms with Gasteiger partial charge >= 0.3 is 23.9 Å². The van der Waals surface area contributed by atoms with Crippen LogP contribution in [0, 0.1) is 28.1 Å². The molecule has 3 fully saturated rings. The van der Waals surface area contributed by atoms with Gasteiger partial charge in [0.2, 0.25) is 0 Å². The topological polar surface area (TPSA) is 105 Å². The molecule has 156 valence electrons. The number of rotatable bonds is 6. The van der Waals surface area contributed by atoms with Gasteiger partial charge < -0.3 is 18.9 Å². The lowest BCUT2D eigenvalue weighted by molar-refractivity contribution is -0.177. The molecule has 3 aliphatic rings. The maximum absolute atomic E-state index is 12.6. The zero-order valence-corrected chi connectivity index (χ0v) is 17.2. The van der Waals surface area contributed by atoms with Crippen molar-refractivity contribution in [2.24, 2.45) is 28.1 Å². The molecule has 6 unspecified atom stereocenters. The van der Waals surface area contributed by atoms with E-state index in [1.165, 1.54) is 7.11 Å². The van der Waals surface area contributed by atoms with Crippen molar-refractivity contribution < 1.29 is 38.1 Å². The van der Waals surface area contributed by atoms with Gasteiger partial charge in [-0.05, 0) is 33.6 Å². The Labute approximate surface area is 164 Å². The van der Waals surface area contributed by atoms with E-state index in [0.717, 1.165) is 0 Å². The fourth-order valence-electron chi connectivity index (χ4n) is 5.04. The summed E-state index contributed by atoms with van der Waals surface area (Å²) in [4.78, 5) is 49.4. The fraction of sp³-hybridized carbons (Fsp3) is 0.800. The average molecular weight is 396 g/mol. The highest BCUT2D eigenvalue weighted by Gasteiger charge is 2.81. The van der Waals surface area contributed by atoms with E-state index in [4.69, 9.17) is 18.9 Å². The third kappa shape index (κ3) is 2.56. The highest BCUT2D eigenvalue weighted by Crippen LogP contribution is 2.72. The SMILES string of the molecule is CCC(C)(C)C(=O)OCC(=O)OC1C2CC3(C)C1OC(=O)C3(C)C2C(=O)OC. The Kier molecular flexibility index (Phi) is 4.75. The molecular formula is C20H28O8. The lowest BCUT2D eigenvalue weighted by atomic mass is 9.60. The van der Waals surface area contributed by atoms with Gasteiger partial charge in [0.25, 0.3) is 0 Å². The van der Waals surface area contributed by atoms with Crippen LogP contribution in [-0.2, 0) is 38.1 Å². The molecule has 1 saturated heterocycles. The number of fused-ring (bicyclic) bond motifs is 1. The van der Waals surface area contributed by atoms with E-state index in [2.05, 4.69) is 0 Å². The van der Waals surface area contributed by atoms with Gasteiger partial charge in [-0.25, -0.2) is 4.79 Å². The molecule has 2 saturated carbocycles. The molecule has 1 heterocycles. The van der Waals surface area contributed by atoms with Crippen molar-refractivity contribution in [3.05, 3.63) is 0 Å². The Bertz CT molecular complexity index is 728. The summed E-state index contributed by atoms with van der Waals surface area (Å²) in [5.41, 5.74) is -2.33. The fourth-order valence-corrected chi connectivity index (χ4v) is 5.04. The molecule has 0 aromatic heterocycles. The molecule has 6 atom stereocenters. The van der Waals surface area contributed by atoms with Crippen molar-refractivity contribution in [2.75, 3.05) is 13.7 Å². The summed E-state index contributed by atoms with van der Waals surface area (Å²) >= 11 is 0. The van der Waals surface area contributed by atoms with Gasteiger partial charge in [0.05, 0.1) is 23.9 Å². The minimum absolute atomic E-state index is 0.384. The van der Waals surface area contributed by atoms with Crippen LogP contribution in [0.15, 0.2) is 0 Å². The van der Waals surface area contributed by atoms with Crippen molar-refractivity contribution in [2.45, 2.75) is 59.7 Å². The van der Waals surface area contributed by atoms with E-state index in [0.29, 0.717) is 12.8 Å². The van der Waals surface area contributed by atoms with Crippen molar-refractivity contribution in [1.82, 2.24) is 0 Å². The molecular weight excluding hydrogens is 368 g/mol. The summed E-state index contributed by atoms with van der Waals surface area (Å²) in [5, 5.41) is 0. The minimum atomic E-state index is -1.00. The van der Waals surface area contributed by atoms with Gasteiger partial charge in [0.1, 0.15) is 12.2 Å². The molecule has 28 heavy (non-hydrogen) atoms.